The van der Waals surface area contributed by atoms with E-state index in [9.17, 15) is 0 Å². The Morgan fingerprint density at radius 1 is 1.28 bits per heavy atom. The second kappa shape index (κ2) is 8.83. The predicted molar refractivity (Wildman–Crippen MR) is 89.5 cm³/mol. The van der Waals surface area contributed by atoms with Crippen molar-refractivity contribution in [3.63, 3.8) is 0 Å². The molecule has 4 heteroatoms. The van der Waals surface area contributed by atoms with Crippen molar-refractivity contribution >= 4 is 40.1 Å². The number of thioether (sulfide) groups is 2. The monoisotopic (exact) mass is 299 g/mol. The molecule has 1 atom stereocenters. The third kappa shape index (κ3) is 4.82. The van der Waals surface area contributed by atoms with Gasteiger partial charge in [0.15, 0.2) is 0 Å². The third-order valence-electron chi connectivity index (χ3n) is 2.65. The van der Waals surface area contributed by atoms with E-state index in [2.05, 4.69) is 55.3 Å². The quantitative estimate of drug-likeness (QED) is 0.418. The van der Waals surface area contributed by atoms with Gasteiger partial charge in [0, 0.05) is 11.4 Å². The zero-order valence-electron chi connectivity index (χ0n) is 11.3. The minimum Gasteiger partial charge on any atom is -0.345 e. The maximum Gasteiger partial charge on any atom is 0.137 e. The van der Waals surface area contributed by atoms with Gasteiger partial charge in [-0.1, -0.05) is 43.8 Å². The van der Waals surface area contributed by atoms with Gasteiger partial charge >= 0.3 is 0 Å². The lowest BCUT2D eigenvalue weighted by Gasteiger charge is -2.31. The molecule has 0 saturated heterocycles. The van der Waals surface area contributed by atoms with Crippen LogP contribution >= 0.6 is 35.7 Å². The van der Waals surface area contributed by atoms with Crippen LogP contribution in [0.1, 0.15) is 26.7 Å². The normalized spacial score (nSPS) is 12.2. The molecule has 0 radical (unpaired) electrons. The molecule has 0 amide bonds. The summed E-state index contributed by atoms with van der Waals surface area (Å²) in [5.74, 6) is 0. The maximum absolute atomic E-state index is 5.46. The van der Waals surface area contributed by atoms with Crippen molar-refractivity contribution in [2.75, 3.05) is 12.8 Å². The Morgan fingerprint density at radius 3 is 2.44 bits per heavy atom. The van der Waals surface area contributed by atoms with Crippen molar-refractivity contribution in [1.29, 1.82) is 0 Å². The predicted octanol–water partition coefficient (Wildman–Crippen LogP) is 4.87. The third-order valence-corrected chi connectivity index (χ3v) is 5.27. The van der Waals surface area contributed by atoms with Gasteiger partial charge in [-0.05, 0) is 31.7 Å². The van der Waals surface area contributed by atoms with E-state index in [4.69, 9.17) is 12.2 Å². The molecule has 1 aromatic rings. The van der Waals surface area contributed by atoms with Crippen LogP contribution in [0.2, 0.25) is 0 Å². The molecule has 1 unspecified atom stereocenters. The molecule has 0 aromatic heterocycles. The Morgan fingerprint density at radius 2 is 1.94 bits per heavy atom. The molecule has 0 fully saturated rings. The van der Waals surface area contributed by atoms with Crippen molar-refractivity contribution in [3.8, 4) is 0 Å². The lowest BCUT2D eigenvalue weighted by Crippen LogP contribution is -2.35. The first kappa shape index (κ1) is 15.9. The fourth-order valence-electron chi connectivity index (χ4n) is 1.75. The number of nitrogens with zero attached hydrogens (tertiary/aromatic N) is 1. The first-order valence-corrected chi connectivity index (χ1v) is 8.80. The minimum atomic E-state index is 0.447. The Balaban J connectivity index is 2.77. The average molecular weight is 300 g/mol. The van der Waals surface area contributed by atoms with E-state index in [1.165, 1.54) is 11.3 Å². The van der Waals surface area contributed by atoms with E-state index < -0.39 is 0 Å². The molecule has 18 heavy (non-hydrogen) atoms. The van der Waals surface area contributed by atoms with Gasteiger partial charge in [0.25, 0.3) is 0 Å². The van der Waals surface area contributed by atoms with Gasteiger partial charge in [-0.15, -0.1) is 23.5 Å². The van der Waals surface area contributed by atoms with E-state index in [1.54, 1.807) is 11.8 Å². The number of hydrogen-bond donors (Lipinski definition) is 0. The topological polar surface area (TPSA) is 3.24 Å². The first-order valence-electron chi connectivity index (χ1n) is 6.29. The van der Waals surface area contributed by atoms with Gasteiger partial charge < -0.3 is 4.90 Å². The van der Waals surface area contributed by atoms with Crippen molar-refractivity contribution < 1.29 is 0 Å². The molecule has 0 bridgehead atoms. The number of rotatable bonds is 6. The lowest BCUT2D eigenvalue weighted by atomic mass is 10.3. The molecule has 0 spiro atoms. The zero-order valence-corrected chi connectivity index (χ0v) is 13.7. The van der Waals surface area contributed by atoms with Crippen LogP contribution in [0.15, 0.2) is 35.2 Å². The molecule has 0 aliphatic heterocycles. The van der Waals surface area contributed by atoms with E-state index in [1.807, 2.05) is 11.8 Å². The van der Waals surface area contributed by atoms with Crippen LogP contribution in [0, 0.1) is 0 Å². The molecular weight excluding hydrogens is 278 g/mol. The van der Waals surface area contributed by atoms with Crippen molar-refractivity contribution in [3.05, 3.63) is 30.3 Å². The fourth-order valence-corrected chi connectivity index (χ4v) is 3.99. The summed E-state index contributed by atoms with van der Waals surface area (Å²) in [6, 6.07) is 10.6. The summed E-state index contributed by atoms with van der Waals surface area (Å²) in [7, 11) is 0. The highest BCUT2D eigenvalue weighted by Crippen LogP contribution is 2.30. The standard InChI is InChI=1S/C14H21NS3/c1-4-9-13(15(5-2)14(16)17-3)18-12-10-7-6-8-11-12/h6-8,10-11,13H,4-5,9H2,1-3H3. The molecule has 0 aliphatic carbocycles. The van der Waals surface area contributed by atoms with E-state index in [-0.39, 0.29) is 0 Å². The van der Waals surface area contributed by atoms with Crippen LogP contribution < -0.4 is 0 Å². The second-order valence-corrected chi connectivity index (χ2v) is 6.62. The summed E-state index contributed by atoms with van der Waals surface area (Å²) < 4.78 is 0.999. The highest BCUT2D eigenvalue weighted by molar-refractivity contribution is 8.22. The molecule has 0 saturated carbocycles. The summed E-state index contributed by atoms with van der Waals surface area (Å²) >= 11 is 9.04. The van der Waals surface area contributed by atoms with Gasteiger partial charge in [-0.2, -0.15) is 0 Å². The highest BCUT2D eigenvalue weighted by Gasteiger charge is 2.19. The van der Waals surface area contributed by atoms with Crippen LogP contribution in [0.3, 0.4) is 0 Å². The van der Waals surface area contributed by atoms with Crippen LogP contribution in [-0.4, -0.2) is 27.4 Å². The van der Waals surface area contributed by atoms with Crippen molar-refractivity contribution in [1.82, 2.24) is 4.90 Å². The SMILES string of the molecule is CCCC(Sc1ccccc1)N(CC)C(=S)SC. The average Bonchev–Trinajstić information content (AvgIpc) is 2.40. The van der Waals surface area contributed by atoms with E-state index >= 15 is 0 Å². The summed E-state index contributed by atoms with van der Waals surface area (Å²) in [6.07, 6.45) is 4.40. The molecule has 1 rings (SSSR count). The van der Waals surface area contributed by atoms with Crippen LogP contribution in [-0.2, 0) is 0 Å². The van der Waals surface area contributed by atoms with Gasteiger partial charge in [0.05, 0.1) is 5.37 Å². The molecule has 0 N–H and O–H groups in total. The summed E-state index contributed by atoms with van der Waals surface area (Å²) in [4.78, 5) is 3.65. The summed E-state index contributed by atoms with van der Waals surface area (Å²) in [5, 5.41) is 0.447. The molecule has 0 heterocycles. The van der Waals surface area contributed by atoms with Crippen LogP contribution in [0.5, 0.6) is 0 Å². The Kier molecular flexibility index (Phi) is 7.79. The lowest BCUT2D eigenvalue weighted by molar-refractivity contribution is 0.408. The minimum absolute atomic E-state index is 0.447. The molecule has 1 aromatic carbocycles. The number of hydrogen-bond acceptors (Lipinski definition) is 3. The maximum atomic E-state index is 5.46. The first-order chi connectivity index (χ1) is 8.72. The van der Waals surface area contributed by atoms with Crippen LogP contribution in [0.25, 0.3) is 0 Å². The molecular formula is C14H21NS3. The molecule has 1 nitrogen and oxygen atoms in total. The van der Waals surface area contributed by atoms with Gasteiger partial charge in [-0.3, -0.25) is 0 Å². The number of thiocarbonyl (C=S) groups is 1. The van der Waals surface area contributed by atoms with Crippen LogP contribution in [0.4, 0.5) is 0 Å². The van der Waals surface area contributed by atoms with Gasteiger partial charge in [0.2, 0.25) is 0 Å². The largest absolute Gasteiger partial charge is 0.345 e. The smallest absolute Gasteiger partial charge is 0.137 e. The summed E-state index contributed by atoms with van der Waals surface area (Å²) in [6.45, 7) is 5.38. The Bertz CT molecular complexity index is 353. The molecule has 100 valence electrons. The van der Waals surface area contributed by atoms with E-state index in [0.717, 1.165) is 17.3 Å². The fraction of sp³-hybridized carbons (Fsp3) is 0.500. The van der Waals surface area contributed by atoms with Crippen molar-refractivity contribution in [2.45, 2.75) is 37.0 Å². The van der Waals surface area contributed by atoms with Gasteiger partial charge in [-0.25, -0.2) is 0 Å². The number of benzene rings is 1. The molecule has 0 aliphatic rings. The van der Waals surface area contributed by atoms with Crippen molar-refractivity contribution in [2.24, 2.45) is 0 Å². The second-order valence-electron chi connectivity index (χ2n) is 3.93. The van der Waals surface area contributed by atoms with E-state index in [0.29, 0.717) is 5.37 Å². The Hall–Kier alpha value is -0.190. The zero-order chi connectivity index (χ0) is 13.4. The highest BCUT2D eigenvalue weighted by atomic mass is 32.2. The summed E-state index contributed by atoms with van der Waals surface area (Å²) in [5.41, 5.74) is 0. The van der Waals surface area contributed by atoms with Gasteiger partial charge in [0.1, 0.15) is 4.32 Å². The Labute approximate surface area is 125 Å².